The Morgan fingerprint density at radius 1 is 1.22 bits per heavy atom. The van der Waals surface area contributed by atoms with Gasteiger partial charge in [-0.15, -0.1) is 11.3 Å². The second kappa shape index (κ2) is 6.90. The first-order valence-electron chi connectivity index (χ1n) is 8.49. The zero-order valence-corrected chi connectivity index (χ0v) is 16.3. The number of nitrogens with zero attached hydrogens (tertiary/aromatic N) is 3. The molecule has 1 saturated heterocycles. The molecule has 1 aromatic carbocycles. The predicted molar refractivity (Wildman–Crippen MR) is 106 cm³/mol. The van der Waals surface area contributed by atoms with Gasteiger partial charge in [-0.1, -0.05) is 0 Å². The summed E-state index contributed by atoms with van der Waals surface area (Å²) in [4.78, 5) is 24.7. The summed E-state index contributed by atoms with van der Waals surface area (Å²) >= 11 is 1.55. The molecule has 0 spiro atoms. The van der Waals surface area contributed by atoms with Crippen molar-refractivity contribution in [1.82, 2.24) is 9.97 Å². The lowest BCUT2D eigenvalue weighted by atomic mass is 10.2. The number of sulfone groups is 1. The molecule has 3 heterocycles. The molecule has 7 nitrogen and oxygen atoms in total. The third kappa shape index (κ3) is 3.52. The Morgan fingerprint density at radius 2 is 2.00 bits per heavy atom. The van der Waals surface area contributed by atoms with Gasteiger partial charge in [0.25, 0.3) is 0 Å². The van der Waals surface area contributed by atoms with E-state index in [-0.39, 0.29) is 16.8 Å². The lowest BCUT2D eigenvalue weighted by molar-refractivity contribution is -0.117. The molecule has 9 heteroatoms. The van der Waals surface area contributed by atoms with E-state index in [1.807, 2.05) is 16.3 Å². The summed E-state index contributed by atoms with van der Waals surface area (Å²) in [5.41, 5.74) is 0.572. The molecule has 1 amide bonds. The number of benzene rings is 1. The van der Waals surface area contributed by atoms with Gasteiger partial charge in [0.1, 0.15) is 23.0 Å². The number of carbonyl (C=O) groups excluding carboxylic acids is 1. The molecule has 0 bridgehead atoms. The summed E-state index contributed by atoms with van der Waals surface area (Å²) in [7, 11) is -3.26. The Bertz CT molecular complexity index is 1090. The van der Waals surface area contributed by atoms with Gasteiger partial charge in [0.2, 0.25) is 5.91 Å². The quantitative estimate of drug-likeness (QED) is 0.721. The molecule has 1 N–H and O–H groups in total. The molecule has 2 aromatic heterocycles. The average Bonchev–Trinajstić information content (AvgIpc) is 3.30. The van der Waals surface area contributed by atoms with E-state index < -0.39 is 9.84 Å². The molecule has 0 aliphatic carbocycles. The van der Waals surface area contributed by atoms with Gasteiger partial charge in [0.15, 0.2) is 9.84 Å². The highest BCUT2D eigenvalue weighted by Gasteiger charge is 2.32. The first kappa shape index (κ1) is 17.9. The van der Waals surface area contributed by atoms with Gasteiger partial charge in [-0.3, -0.25) is 4.79 Å². The molecular formula is C18H18N4O3S2. The van der Waals surface area contributed by atoms with E-state index >= 15 is 0 Å². The number of nitrogens with one attached hydrogen (secondary N) is 1. The molecule has 1 aliphatic rings. The number of anilines is 2. The Hall–Kier alpha value is -2.52. The minimum atomic E-state index is -3.26. The van der Waals surface area contributed by atoms with Crippen molar-refractivity contribution in [3.8, 4) is 0 Å². The van der Waals surface area contributed by atoms with Gasteiger partial charge >= 0.3 is 0 Å². The molecule has 1 fully saturated rings. The standard InChI is InChI=1S/C18H18N4O3S2/c1-27(24,25)13-6-4-12(5-7-13)21-17(23)15-3-2-9-22(15)16-14-8-10-26-18(14)20-11-19-16/h4-8,10-11,15H,2-3,9H2,1H3,(H,21,23). The van der Waals surface area contributed by atoms with E-state index in [9.17, 15) is 13.2 Å². The molecule has 140 valence electrons. The van der Waals surface area contributed by atoms with Crippen LogP contribution in [0.1, 0.15) is 12.8 Å². The second-order valence-corrected chi connectivity index (χ2v) is 9.38. The Labute approximate surface area is 161 Å². The van der Waals surface area contributed by atoms with Crippen molar-refractivity contribution in [3.05, 3.63) is 42.0 Å². The fourth-order valence-corrected chi connectivity index (χ4v) is 4.67. The molecule has 1 aliphatic heterocycles. The van der Waals surface area contributed by atoms with E-state index in [4.69, 9.17) is 0 Å². The summed E-state index contributed by atoms with van der Waals surface area (Å²) in [5.74, 6) is 0.660. The third-order valence-corrected chi connectivity index (χ3v) is 6.57. The monoisotopic (exact) mass is 402 g/mol. The molecule has 0 radical (unpaired) electrons. The minimum Gasteiger partial charge on any atom is -0.344 e. The maximum Gasteiger partial charge on any atom is 0.247 e. The summed E-state index contributed by atoms with van der Waals surface area (Å²) in [6.45, 7) is 0.757. The number of hydrogen-bond acceptors (Lipinski definition) is 7. The van der Waals surface area contributed by atoms with Gasteiger partial charge in [-0.25, -0.2) is 18.4 Å². The largest absolute Gasteiger partial charge is 0.344 e. The second-order valence-electron chi connectivity index (χ2n) is 6.47. The van der Waals surface area contributed by atoms with Gasteiger partial charge in [-0.05, 0) is 48.6 Å². The Balaban J connectivity index is 1.55. The lowest BCUT2D eigenvalue weighted by Crippen LogP contribution is -2.40. The van der Waals surface area contributed by atoms with E-state index in [1.165, 1.54) is 18.5 Å². The summed E-state index contributed by atoms with van der Waals surface area (Å²) in [6, 6.07) is 7.86. The van der Waals surface area contributed by atoms with Crippen molar-refractivity contribution in [2.75, 3.05) is 23.0 Å². The highest BCUT2D eigenvalue weighted by atomic mass is 32.2. The van der Waals surface area contributed by atoms with Crippen LogP contribution in [0, 0.1) is 0 Å². The van der Waals surface area contributed by atoms with Crippen LogP contribution in [0.4, 0.5) is 11.5 Å². The van der Waals surface area contributed by atoms with Crippen LogP contribution in [0.5, 0.6) is 0 Å². The van der Waals surface area contributed by atoms with Gasteiger partial charge in [-0.2, -0.15) is 0 Å². The number of fused-ring (bicyclic) bond motifs is 1. The number of aromatic nitrogens is 2. The van der Waals surface area contributed by atoms with Crippen LogP contribution in [-0.2, 0) is 14.6 Å². The molecule has 4 rings (SSSR count). The Morgan fingerprint density at radius 3 is 2.74 bits per heavy atom. The molecule has 27 heavy (non-hydrogen) atoms. The predicted octanol–water partition coefficient (Wildman–Crippen LogP) is 2.70. The average molecular weight is 403 g/mol. The van der Waals surface area contributed by atoms with Crippen molar-refractivity contribution in [2.24, 2.45) is 0 Å². The molecule has 3 aromatic rings. The lowest BCUT2D eigenvalue weighted by Gasteiger charge is -2.25. The van der Waals surface area contributed by atoms with Crippen LogP contribution >= 0.6 is 11.3 Å². The minimum absolute atomic E-state index is 0.124. The van der Waals surface area contributed by atoms with Crippen molar-refractivity contribution >= 4 is 48.8 Å². The first-order chi connectivity index (χ1) is 12.9. The zero-order valence-electron chi connectivity index (χ0n) is 14.6. The number of amides is 1. The SMILES string of the molecule is CS(=O)(=O)c1ccc(NC(=O)C2CCCN2c2ncnc3sccc23)cc1. The highest BCUT2D eigenvalue weighted by molar-refractivity contribution is 7.90. The van der Waals surface area contributed by atoms with E-state index in [0.717, 1.165) is 41.7 Å². The fourth-order valence-electron chi connectivity index (χ4n) is 3.31. The van der Waals surface area contributed by atoms with E-state index in [2.05, 4.69) is 15.3 Å². The normalized spacial score (nSPS) is 17.4. The van der Waals surface area contributed by atoms with Crippen LogP contribution in [0.3, 0.4) is 0 Å². The summed E-state index contributed by atoms with van der Waals surface area (Å²) in [6.07, 6.45) is 4.33. The summed E-state index contributed by atoms with van der Waals surface area (Å²) in [5, 5.41) is 5.82. The van der Waals surface area contributed by atoms with Crippen molar-refractivity contribution < 1.29 is 13.2 Å². The Kier molecular flexibility index (Phi) is 4.56. The van der Waals surface area contributed by atoms with Crippen molar-refractivity contribution in [2.45, 2.75) is 23.8 Å². The molecule has 1 unspecified atom stereocenters. The van der Waals surface area contributed by atoms with E-state index in [1.54, 1.807) is 23.5 Å². The molecule has 1 atom stereocenters. The number of carbonyl (C=O) groups is 1. The highest BCUT2D eigenvalue weighted by Crippen LogP contribution is 2.32. The number of thiophene rings is 1. The van der Waals surface area contributed by atoms with Crippen LogP contribution < -0.4 is 10.2 Å². The fraction of sp³-hybridized carbons (Fsp3) is 0.278. The molecule has 0 saturated carbocycles. The van der Waals surface area contributed by atoms with Crippen LogP contribution in [0.2, 0.25) is 0 Å². The van der Waals surface area contributed by atoms with Gasteiger partial charge in [0, 0.05) is 18.5 Å². The van der Waals surface area contributed by atoms with Crippen molar-refractivity contribution in [1.29, 1.82) is 0 Å². The first-order valence-corrected chi connectivity index (χ1v) is 11.3. The maximum absolute atomic E-state index is 12.8. The van der Waals surface area contributed by atoms with Crippen LogP contribution in [-0.4, -0.2) is 43.1 Å². The van der Waals surface area contributed by atoms with Crippen LogP contribution in [0.25, 0.3) is 10.2 Å². The van der Waals surface area contributed by atoms with Crippen molar-refractivity contribution in [3.63, 3.8) is 0 Å². The topological polar surface area (TPSA) is 92.3 Å². The number of rotatable bonds is 4. The third-order valence-electron chi connectivity index (χ3n) is 4.62. The van der Waals surface area contributed by atoms with E-state index in [0.29, 0.717) is 5.69 Å². The zero-order chi connectivity index (χ0) is 19.0. The van der Waals surface area contributed by atoms with Gasteiger partial charge in [0.05, 0.1) is 10.3 Å². The van der Waals surface area contributed by atoms with Crippen LogP contribution in [0.15, 0.2) is 46.9 Å². The van der Waals surface area contributed by atoms with Gasteiger partial charge < -0.3 is 10.2 Å². The molecular weight excluding hydrogens is 384 g/mol. The summed E-state index contributed by atoms with van der Waals surface area (Å²) < 4.78 is 23.1. The number of hydrogen-bond donors (Lipinski definition) is 1. The smallest absolute Gasteiger partial charge is 0.247 e. The maximum atomic E-state index is 12.8.